The summed E-state index contributed by atoms with van der Waals surface area (Å²) in [5.41, 5.74) is 0.770. The van der Waals surface area contributed by atoms with Gasteiger partial charge in [0.05, 0.1) is 5.56 Å². The smallest absolute Gasteiger partial charge is 0.371 e. The number of amides is 3. The molecule has 3 amide bonds. The van der Waals surface area contributed by atoms with E-state index in [-0.39, 0.29) is 25.9 Å². The van der Waals surface area contributed by atoms with Crippen LogP contribution in [0.1, 0.15) is 36.8 Å². The molecule has 32 heavy (non-hydrogen) atoms. The van der Waals surface area contributed by atoms with Crippen LogP contribution in [0.2, 0.25) is 0 Å². The lowest BCUT2D eigenvalue weighted by atomic mass is 10.1. The van der Waals surface area contributed by atoms with Crippen molar-refractivity contribution < 1.29 is 32.4 Å². The largest absolute Gasteiger partial charge is 0.434 e. The van der Waals surface area contributed by atoms with Gasteiger partial charge in [0.1, 0.15) is 0 Å². The molecule has 3 heterocycles. The van der Waals surface area contributed by atoms with Crippen molar-refractivity contribution in [2.45, 2.75) is 38.4 Å². The number of anilines is 1. The predicted octanol–water partition coefficient (Wildman–Crippen LogP) is 2.62. The Kier molecular flexibility index (Phi) is 6.27. The molecule has 0 bridgehead atoms. The van der Waals surface area contributed by atoms with Crippen molar-refractivity contribution in [2.75, 3.05) is 44.2 Å². The average molecular weight is 454 g/mol. The number of carbonyl (C=O) groups excluding carboxylic acids is 3. The molecule has 174 valence electrons. The molecule has 0 radical (unpaired) electrons. The summed E-state index contributed by atoms with van der Waals surface area (Å²) in [6, 6.07) is 3.91. The minimum Gasteiger partial charge on any atom is -0.371 e. The molecule has 3 saturated heterocycles. The van der Waals surface area contributed by atoms with Gasteiger partial charge < -0.3 is 14.6 Å². The molecule has 11 heteroatoms. The molecule has 0 N–H and O–H groups in total. The molecule has 0 atom stereocenters. The predicted molar refractivity (Wildman–Crippen MR) is 107 cm³/mol. The summed E-state index contributed by atoms with van der Waals surface area (Å²) in [5, 5.41) is 0.514. The van der Waals surface area contributed by atoms with Gasteiger partial charge >= 0.3 is 12.3 Å². The van der Waals surface area contributed by atoms with Crippen molar-refractivity contribution in [2.24, 2.45) is 0 Å². The van der Waals surface area contributed by atoms with Crippen molar-refractivity contribution in [1.29, 1.82) is 0 Å². The van der Waals surface area contributed by atoms with Crippen LogP contribution in [0.3, 0.4) is 0 Å². The summed E-state index contributed by atoms with van der Waals surface area (Å²) in [6.45, 7) is 3.43. The Morgan fingerprint density at radius 2 is 1.56 bits per heavy atom. The van der Waals surface area contributed by atoms with Crippen molar-refractivity contribution >= 4 is 23.6 Å². The van der Waals surface area contributed by atoms with E-state index in [0.29, 0.717) is 30.3 Å². The monoisotopic (exact) mass is 454 g/mol. The number of piperazine rings is 1. The molecule has 3 aliphatic heterocycles. The highest BCUT2D eigenvalue weighted by molar-refractivity contribution is 6.01. The second kappa shape index (κ2) is 8.97. The van der Waals surface area contributed by atoms with Crippen LogP contribution in [0.5, 0.6) is 0 Å². The minimum absolute atomic E-state index is 0.0240. The molecule has 0 saturated carbocycles. The molecule has 1 aromatic carbocycles. The molecule has 0 spiro atoms. The quantitative estimate of drug-likeness (QED) is 0.652. The van der Waals surface area contributed by atoms with Gasteiger partial charge in [-0.2, -0.15) is 13.2 Å². The van der Waals surface area contributed by atoms with Crippen molar-refractivity contribution in [3.8, 4) is 0 Å². The maximum absolute atomic E-state index is 13.3. The van der Waals surface area contributed by atoms with Crippen LogP contribution >= 0.6 is 0 Å². The SMILES string of the molecule is O=C(ON1C(=O)CCC1=O)N1CCN(Cc2cc(C(F)(F)F)ccc2N2CCCC2)CC1. The van der Waals surface area contributed by atoms with Gasteiger partial charge in [-0.05, 0) is 36.6 Å². The molecule has 1 aromatic rings. The number of alkyl halides is 3. The Labute approximate surface area is 183 Å². The number of imide groups is 1. The Morgan fingerprint density at radius 3 is 2.16 bits per heavy atom. The molecule has 3 aliphatic rings. The number of carbonyl (C=O) groups is 3. The van der Waals surface area contributed by atoms with Crippen LogP contribution in [0.15, 0.2) is 18.2 Å². The highest BCUT2D eigenvalue weighted by atomic mass is 19.4. The van der Waals surface area contributed by atoms with Gasteiger partial charge in [0.15, 0.2) is 0 Å². The zero-order valence-corrected chi connectivity index (χ0v) is 17.6. The lowest BCUT2D eigenvalue weighted by Gasteiger charge is -2.35. The Bertz CT molecular complexity index is 878. The average Bonchev–Trinajstić information content (AvgIpc) is 3.39. The Morgan fingerprint density at radius 1 is 0.938 bits per heavy atom. The zero-order chi connectivity index (χ0) is 22.9. The normalized spacial score (nSPS) is 20.4. The van der Waals surface area contributed by atoms with E-state index >= 15 is 0 Å². The van der Waals surface area contributed by atoms with Crippen LogP contribution in [0.4, 0.5) is 23.7 Å². The summed E-state index contributed by atoms with van der Waals surface area (Å²) in [4.78, 5) is 46.0. The van der Waals surface area contributed by atoms with Gasteiger partial charge in [0, 0.05) is 64.3 Å². The summed E-state index contributed by atoms with van der Waals surface area (Å²) in [7, 11) is 0. The number of hydrogen-bond donors (Lipinski definition) is 0. The minimum atomic E-state index is -4.41. The first-order valence-corrected chi connectivity index (χ1v) is 10.7. The van der Waals surface area contributed by atoms with Gasteiger partial charge in [-0.15, -0.1) is 5.06 Å². The summed E-state index contributed by atoms with van der Waals surface area (Å²) >= 11 is 0. The topological polar surface area (TPSA) is 73.4 Å². The number of halogens is 3. The zero-order valence-electron chi connectivity index (χ0n) is 17.6. The molecule has 0 aromatic heterocycles. The summed E-state index contributed by atoms with van der Waals surface area (Å²) in [6.07, 6.45) is -3.10. The van der Waals surface area contributed by atoms with Crippen LogP contribution in [-0.4, -0.2) is 72.0 Å². The van der Waals surface area contributed by atoms with E-state index in [1.807, 2.05) is 4.90 Å². The van der Waals surface area contributed by atoms with Gasteiger partial charge in [0.2, 0.25) is 0 Å². The first kappa shape index (κ1) is 22.4. The molecular formula is C21H25F3N4O4. The van der Waals surface area contributed by atoms with Crippen molar-refractivity contribution in [3.63, 3.8) is 0 Å². The molecule has 0 unspecified atom stereocenters. The number of hydroxylamine groups is 2. The van der Waals surface area contributed by atoms with Crippen LogP contribution in [0.25, 0.3) is 0 Å². The van der Waals surface area contributed by atoms with E-state index in [1.165, 1.54) is 11.0 Å². The highest BCUT2D eigenvalue weighted by Crippen LogP contribution is 2.34. The lowest BCUT2D eigenvalue weighted by Crippen LogP contribution is -2.50. The lowest BCUT2D eigenvalue weighted by molar-refractivity contribution is -0.174. The number of rotatable bonds is 4. The molecule has 8 nitrogen and oxygen atoms in total. The van der Waals surface area contributed by atoms with Crippen LogP contribution in [-0.2, 0) is 27.1 Å². The second-order valence-electron chi connectivity index (χ2n) is 8.24. The van der Waals surface area contributed by atoms with Crippen LogP contribution < -0.4 is 4.90 Å². The van der Waals surface area contributed by atoms with Gasteiger partial charge in [-0.1, -0.05) is 0 Å². The number of nitrogens with zero attached hydrogens (tertiary/aromatic N) is 4. The molecule has 4 rings (SSSR count). The fourth-order valence-corrected chi connectivity index (χ4v) is 4.28. The third kappa shape index (κ3) is 4.82. The van der Waals surface area contributed by atoms with Gasteiger partial charge in [0.25, 0.3) is 11.8 Å². The van der Waals surface area contributed by atoms with Gasteiger partial charge in [-0.3, -0.25) is 14.5 Å². The van der Waals surface area contributed by atoms with Crippen LogP contribution in [0, 0.1) is 0 Å². The summed E-state index contributed by atoms with van der Waals surface area (Å²) < 4.78 is 39.8. The van der Waals surface area contributed by atoms with E-state index in [9.17, 15) is 27.6 Å². The maximum Gasteiger partial charge on any atom is 0.434 e. The third-order valence-corrected chi connectivity index (χ3v) is 6.05. The fraction of sp³-hybridized carbons (Fsp3) is 0.571. The van der Waals surface area contributed by atoms with E-state index in [2.05, 4.69) is 4.90 Å². The van der Waals surface area contributed by atoms with E-state index in [4.69, 9.17) is 4.84 Å². The Hall–Kier alpha value is -2.82. The van der Waals surface area contributed by atoms with E-state index in [0.717, 1.165) is 37.7 Å². The van der Waals surface area contributed by atoms with Crippen molar-refractivity contribution in [1.82, 2.24) is 14.9 Å². The summed E-state index contributed by atoms with van der Waals surface area (Å²) in [5.74, 6) is -1.08. The maximum atomic E-state index is 13.3. The Balaban J connectivity index is 1.39. The third-order valence-electron chi connectivity index (χ3n) is 6.05. The first-order valence-electron chi connectivity index (χ1n) is 10.7. The highest BCUT2D eigenvalue weighted by Gasteiger charge is 2.35. The van der Waals surface area contributed by atoms with E-state index < -0.39 is 29.6 Å². The van der Waals surface area contributed by atoms with Gasteiger partial charge in [-0.25, -0.2) is 4.79 Å². The molecule has 0 aliphatic carbocycles. The standard InChI is InChI=1S/C21H25F3N4O4/c22-21(23,24)16-3-4-17(26-7-1-2-8-26)15(13-16)14-25-9-11-27(12-10-25)20(31)32-28-18(29)5-6-19(28)30/h3-4,13H,1-2,5-12,14H2. The van der Waals surface area contributed by atoms with E-state index in [1.54, 1.807) is 6.07 Å². The second-order valence-corrected chi connectivity index (χ2v) is 8.24. The number of hydrogen-bond acceptors (Lipinski definition) is 6. The molecular weight excluding hydrogens is 429 g/mol. The fourth-order valence-electron chi connectivity index (χ4n) is 4.28. The first-order chi connectivity index (χ1) is 15.2. The molecule has 3 fully saturated rings. The van der Waals surface area contributed by atoms with Crippen molar-refractivity contribution in [3.05, 3.63) is 29.3 Å². The number of benzene rings is 1.